The monoisotopic (exact) mass is 224 g/mol. The molecule has 3 rings (SSSR count). The lowest BCUT2D eigenvalue weighted by atomic mass is 10.2. The van der Waals surface area contributed by atoms with Crippen molar-refractivity contribution < 1.29 is 0 Å². The zero-order valence-corrected chi connectivity index (χ0v) is 9.30. The molecular weight excluding hydrogens is 212 g/mol. The summed E-state index contributed by atoms with van der Waals surface area (Å²) in [5.41, 5.74) is 1.45. The van der Waals surface area contributed by atoms with Gasteiger partial charge in [-0.15, -0.1) is 0 Å². The van der Waals surface area contributed by atoms with Crippen molar-refractivity contribution in [1.82, 2.24) is 9.78 Å². The molecule has 0 spiro atoms. The van der Waals surface area contributed by atoms with Crippen LogP contribution in [0.15, 0.2) is 36.5 Å². The first-order valence-corrected chi connectivity index (χ1v) is 5.68. The van der Waals surface area contributed by atoms with Crippen molar-refractivity contribution in [3.63, 3.8) is 0 Å². The quantitative estimate of drug-likeness (QED) is 0.870. The second-order valence-electron chi connectivity index (χ2n) is 4.19. The third-order valence-electron chi connectivity index (χ3n) is 2.79. The van der Waals surface area contributed by atoms with E-state index in [2.05, 4.69) is 16.5 Å². The summed E-state index contributed by atoms with van der Waals surface area (Å²) in [4.78, 5) is 0. The number of hydrogen-bond donors (Lipinski definition) is 1. The number of hydrogen-bond acceptors (Lipinski definition) is 3. The zero-order valence-electron chi connectivity index (χ0n) is 9.30. The normalized spacial score (nSPS) is 14.3. The SMILES string of the molecule is N#Cc1ccccc1-n1ccc(NC2CC2)n1. The molecule has 1 aromatic carbocycles. The average molecular weight is 224 g/mol. The number of nitriles is 1. The molecule has 84 valence electrons. The van der Waals surface area contributed by atoms with Crippen molar-refractivity contribution >= 4 is 5.82 Å². The van der Waals surface area contributed by atoms with Gasteiger partial charge in [-0.2, -0.15) is 10.4 Å². The van der Waals surface area contributed by atoms with Crippen molar-refractivity contribution in [3.05, 3.63) is 42.1 Å². The molecule has 1 saturated carbocycles. The average Bonchev–Trinajstić information content (AvgIpc) is 3.05. The summed E-state index contributed by atoms with van der Waals surface area (Å²) < 4.78 is 1.74. The van der Waals surface area contributed by atoms with E-state index in [0.29, 0.717) is 11.6 Å². The van der Waals surface area contributed by atoms with Crippen LogP contribution >= 0.6 is 0 Å². The van der Waals surface area contributed by atoms with Crippen LogP contribution < -0.4 is 5.32 Å². The molecule has 0 amide bonds. The molecule has 0 atom stereocenters. The van der Waals surface area contributed by atoms with Crippen molar-refractivity contribution in [2.45, 2.75) is 18.9 Å². The molecule has 2 aromatic rings. The van der Waals surface area contributed by atoms with E-state index in [9.17, 15) is 0 Å². The molecule has 0 unspecified atom stereocenters. The van der Waals surface area contributed by atoms with Crippen molar-refractivity contribution in [2.24, 2.45) is 0 Å². The van der Waals surface area contributed by atoms with Crippen LogP contribution in [0.3, 0.4) is 0 Å². The number of nitrogens with zero attached hydrogens (tertiary/aromatic N) is 3. The minimum atomic E-state index is 0.588. The van der Waals surface area contributed by atoms with Crippen LogP contribution in [0, 0.1) is 11.3 Å². The molecule has 0 radical (unpaired) electrons. The molecule has 17 heavy (non-hydrogen) atoms. The number of benzene rings is 1. The van der Waals surface area contributed by atoms with E-state index in [1.807, 2.05) is 30.5 Å². The second-order valence-corrected chi connectivity index (χ2v) is 4.19. The predicted molar refractivity (Wildman–Crippen MR) is 64.9 cm³/mol. The molecule has 4 nitrogen and oxygen atoms in total. The number of nitrogens with one attached hydrogen (secondary N) is 1. The van der Waals surface area contributed by atoms with Crippen LogP contribution in [0.25, 0.3) is 5.69 Å². The van der Waals surface area contributed by atoms with E-state index in [0.717, 1.165) is 11.5 Å². The third kappa shape index (κ3) is 2.00. The lowest BCUT2D eigenvalue weighted by Gasteiger charge is -2.03. The molecule has 1 heterocycles. The van der Waals surface area contributed by atoms with E-state index in [1.165, 1.54) is 12.8 Å². The van der Waals surface area contributed by atoms with Crippen LogP contribution in [0.2, 0.25) is 0 Å². The number of anilines is 1. The summed E-state index contributed by atoms with van der Waals surface area (Å²) in [6.45, 7) is 0. The number of rotatable bonds is 3. The van der Waals surface area contributed by atoms with Crippen LogP contribution in [0.5, 0.6) is 0 Å². The summed E-state index contributed by atoms with van der Waals surface area (Å²) in [6, 6.07) is 12.2. The van der Waals surface area contributed by atoms with E-state index >= 15 is 0 Å². The highest BCUT2D eigenvalue weighted by Crippen LogP contribution is 2.24. The first kappa shape index (κ1) is 9.91. The first-order valence-electron chi connectivity index (χ1n) is 5.68. The van der Waals surface area contributed by atoms with Gasteiger partial charge in [-0.25, -0.2) is 4.68 Å². The van der Waals surface area contributed by atoms with Crippen LogP contribution in [-0.2, 0) is 0 Å². The van der Waals surface area contributed by atoms with Crippen molar-refractivity contribution in [3.8, 4) is 11.8 Å². The molecule has 1 aliphatic rings. The highest BCUT2D eigenvalue weighted by molar-refractivity contribution is 5.49. The largest absolute Gasteiger partial charge is 0.366 e. The Balaban J connectivity index is 1.92. The lowest BCUT2D eigenvalue weighted by Crippen LogP contribution is -2.03. The van der Waals surface area contributed by atoms with Crippen LogP contribution in [0.4, 0.5) is 5.82 Å². The zero-order chi connectivity index (χ0) is 11.7. The third-order valence-corrected chi connectivity index (χ3v) is 2.79. The summed E-state index contributed by atoms with van der Waals surface area (Å²) in [5.74, 6) is 0.875. The van der Waals surface area contributed by atoms with Crippen molar-refractivity contribution in [2.75, 3.05) is 5.32 Å². The number of aromatic nitrogens is 2. The lowest BCUT2D eigenvalue weighted by molar-refractivity contribution is 0.874. The molecule has 1 aromatic heterocycles. The van der Waals surface area contributed by atoms with Gasteiger partial charge in [0.2, 0.25) is 0 Å². The Kier molecular flexibility index (Phi) is 2.30. The summed E-state index contributed by atoms with van der Waals surface area (Å²) in [6.07, 6.45) is 4.32. The van der Waals surface area contributed by atoms with Gasteiger partial charge in [0, 0.05) is 18.3 Å². The fourth-order valence-electron chi connectivity index (χ4n) is 1.74. The number of para-hydroxylation sites is 1. The smallest absolute Gasteiger partial charge is 0.148 e. The van der Waals surface area contributed by atoms with E-state index in [1.54, 1.807) is 10.7 Å². The van der Waals surface area contributed by atoms with Crippen LogP contribution in [-0.4, -0.2) is 15.8 Å². The van der Waals surface area contributed by atoms with Crippen LogP contribution in [0.1, 0.15) is 18.4 Å². The Morgan fingerprint density at radius 3 is 2.88 bits per heavy atom. The van der Waals surface area contributed by atoms with Gasteiger partial charge in [-0.05, 0) is 25.0 Å². The Morgan fingerprint density at radius 2 is 2.12 bits per heavy atom. The Bertz CT molecular complexity index is 575. The minimum absolute atomic E-state index is 0.588. The summed E-state index contributed by atoms with van der Waals surface area (Å²) >= 11 is 0. The van der Waals surface area contributed by atoms with Gasteiger partial charge in [0.1, 0.15) is 11.9 Å². The Labute approximate surface area is 99.5 Å². The molecule has 1 N–H and O–H groups in total. The molecule has 4 heteroatoms. The van der Waals surface area contributed by atoms with Gasteiger partial charge < -0.3 is 5.32 Å². The second kappa shape index (κ2) is 3.95. The fraction of sp³-hybridized carbons (Fsp3) is 0.231. The molecule has 1 aliphatic carbocycles. The molecule has 1 fully saturated rings. The van der Waals surface area contributed by atoms with Gasteiger partial charge in [0.25, 0.3) is 0 Å². The topological polar surface area (TPSA) is 53.6 Å². The maximum Gasteiger partial charge on any atom is 0.148 e. The molecular formula is C13H12N4. The highest BCUT2D eigenvalue weighted by Gasteiger charge is 2.21. The van der Waals surface area contributed by atoms with Gasteiger partial charge in [0.05, 0.1) is 11.3 Å². The summed E-state index contributed by atoms with van der Waals surface area (Å²) in [7, 11) is 0. The maximum atomic E-state index is 9.04. The Morgan fingerprint density at radius 1 is 1.29 bits per heavy atom. The van der Waals surface area contributed by atoms with Gasteiger partial charge in [-0.3, -0.25) is 0 Å². The summed E-state index contributed by atoms with van der Waals surface area (Å²) in [5, 5.41) is 16.8. The van der Waals surface area contributed by atoms with E-state index in [-0.39, 0.29) is 0 Å². The van der Waals surface area contributed by atoms with Gasteiger partial charge >= 0.3 is 0 Å². The first-order chi connectivity index (χ1) is 8.36. The maximum absolute atomic E-state index is 9.04. The minimum Gasteiger partial charge on any atom is -0.366 e. The fourth-order valence-corrected chi connectivity index (χ4v) is 1.74. The van der Waals surface area contributed by atoms with Gasteiger partial charge in [-0.1, -0.05) is 12.1 Å². The predicted octanol–water partition coefficient (Wildman–Crippen LogP) is 2.32. The van der Waals surface area contributed by atoms with Gasteiger partial charge in [0.15, 0.2) is 0 Å². The van der Waals surface area contributed by atoms with E-state index < -0.39 is 0 Å². The van der Waals surface area contributed by atoms with E-state index in [4.69, 9.17) is 5.26 Å². The highest BCUT2D eigenvalue weighted by atomic mass is 15.3. The molecule has 0 aliphatic heterocycles. The molecule has 0 saturated heterocycles. The van der Waals surface area contributed by atoms with Crippen molar-refractivity contribution in [1.29, 1.82) is 5.26 Å². The Hall–Kier alpha value is -2.28. The molecule has 0 bridgehead atoms. The standard InChI is InChI=1S/C13H12N4/c14-9-10-3-1-2-4-12(10)17-8-7-13(16-17)15-11-5-6-11/h1-4,7-8,11H,5-6H2,(H,15,16).